The predicted octanol–water partition coefficient (Wildman–Crippen LogP) is 3.26. The van der Waals surface area contributed by atoms with Crippen LogP contribution in [-0.4, -0.2) is 9.97 Å². The summed E-state index contributed by atoms with van der Waals surface area (Å²) >= 11 is 5.92. The monoisotopic (exact) mass is 222 g/mol. The first kappa shape index (κ1) is 10.2. The molecule has 15 heavy (non-hydrogen) atoms. The molecule has 0 radical (unpaired) electrons. The normalized spacial score (nSPS) is 10.6. The number of hydrogen-bond donors (Lipinski definition) is 0. The minimum atomic E-state index is 0.470. The van der Waals surface area contributed by atoms with Crippen LogP contribution in [0, 0.1) is 6.92 Å². The van der Waals surface area contributed by atoms with Gasteiger partial charge in [-0.25, -0.2) is 9.97 Å². The molecule has 0 aromatic carbocycles. The summed E-state index contributed by atoms with van der Waals surface area (Å²) < 4.78 is 5.21. The molecule has 0 bridgehead atoms. The summed E-state index contributed by atoms with van der Waals surface area (Å²) in [6.07, 6.45) is 2.46. The number of halogens is 1. The van der Waals surface area contributed by atoms with Gasteiger partial charge in [-0.05, 0) is 25.5 Å². The molecular weight excluding hydrogens is 212 g/mol. The van der Waals surface area contributed by atoms with Gasteiger partial charge in [0.05, 0.1) is 11.8 Å². The van der Waals surface area contributed by atoms with E-state index in [1.165, 1.54) is 0 Å². The third-order valence-electron chi connectivity index (χ3n) is 2.21. The van der Waals surface area contributed by atoms with Crippen molar-refractivity contribution in [2.75, 3.05) is 0 Å². The minimum absolute atomic E-state index is 0.470. The van der Waals surface area contributed by atoms with Gasteiger partial charge in [0.2, 0.25) is 0 Å². The molecule has 0 amide bonds. The molecule has 2 rings (SSSR count). The first-order chi connectivity index (χ1) is 7.20. The molecule has 78 valence electrons. The average Bonchev–Trinajstić information content (AvgIpc) is 2.63. The van der Waals surface area contributed by atoms with Gasteiger partial charge in [-0.3, -0.25) is 0 Å². The van der Waals surface area contributed by atoms with E-state index >= 15 is 0 Å². The van der Waals surface area contributed by atoms with Crippen LogP contribution in [-0.2, 0) is 6.42 Å². The molecule has 0 aliphatic rings. The highest BCUT2D eigenvalue weighted by Gasteiger charge is 2.09. The number of aryl methyl sites for hydroxylation is 2. The fraction of sp³-hybridized carbons (Fsp3) is 0.273. The number of rotatable bonds is 2. The van der Waals surface area contributed by atoms with Crippen molar-refractivity contribution < 1.29 is 4.42 Å². The lowest BCUT2D eigenvalue weighted by molar-refractivity contribution is 0.535. The zero-order valence-electron chi connectivity index (χ0n) is 8.62. The quantitative estimate of drug-likeness (QED) is 0.733. The molecule has 3 nitrogen and oxygen atoms in total. The van der Waals surface area contributed by atoms with Crippen LogP contribution >= 0.6 is 11.6 Å². The van der Waals surface area contributed by atoms with Crippen LogP contribution < -0.4 is 0 Å². The van der Waals surface area contributed by atoms with E-state index < -0.39 is 0 Å². The number of hydrogen-bond acceptors (Lipinski definition) is 3. The first-order valence-corrected chi connectivity index (χ1v) is 5.16. The van der Waals surface area contributed by atoms with E-state index in [0.29, 0.717) is 11.0 Å². The van der Waals surface area contributed by atoms with Gasteiger partial charge in [-0.1, -0.05) is 18.5 Å². The van der Waals surface area contributed by atoms with E-state index in [4.69, 9.17) is 16.0 Å². The predicted molar refractivity (Wildman–Crippen MR) is 58.9 cm³/mol. The number of furan rings is 1. The Morgan fingerprint density at radius 2 is 2.20 bits per heavy atom. The van der Waals surface area contributed by atoms with Crippen LogP contribution in [0.5, 0.6) is 0 Å². The largest absolute Gasteiger partial charge is 0.469 e. The Kier molecular flexibility index (Phi) is 2.73. The van der Waals surface area contributed by atoms with Crippen molar-refractivity contribution in [3.63, 3.8) is 0 Å². The first-order valence-electron chi connectivity index (χ1n) is 4.78. The van der Waals surface area contributed by atoms with Crippen LogP contribution in [0.1, 0.15) is 18.4 Å². The third kappa shape index (κ3) is 2.02. The lowest BCUT2D eigenvalue weighted by atomic mass is 10.2. The number of nitrogens with zero attached hydrogens (tertiary/aromatic N) is 2. The zero-order valence-corrected chi connectivity index (χ0v) is 9.38. The van der Waals surface area contributed by atoms with Gasteiger partial charge < -0.3 is 4.42 Å². The molecule has 2 heterocycles. The SMILES string of the molecule is CCc1cc(Cl)nc(-c2ccoc2C)n1. The van der Waals surface area contributed by atoms with E-state index in [-0.39, 0.29) is 0 Å². The van der Waals surface area contributed by atoms with Crippen molar-refractivity contribution in [1.82, 2.24) is 9.97 Å². The summed E-state index contributed by atoms with van der Waals surface area (Å²) in [4.78, 5) is 8.58. The summed E-state index contributed by atoms with van der Waals surface area (Å²) in [6, 6.07) is 3.63. The van der Waals surface area contributed by atoms with Crippen molar-refractivity contribution in [3.05, 3.63) is 35.0 Å². The van der Waals surface area contributed by atoms with Crippen molar-refractivity contribution in [3.8, 4) is 11.4 Å². The van der Waals surface area contributed by atoms with Crippen LogP contribution in [0.2, 0.25) is 5.15 Å². The van der Waals surface area contributed by atoms with Gasteiger partial charge >= 0.3 is 0 Å². The highest BCUT2D eigenvalue weighted by Crippen LogP contribution is 2.22. The molecule has 0 aliphatic heterocycles. The molecule has 0 aliphatic carbocycles. The second-order valence-electron chi connectivity index (χ2n) is 3.25. The Labute approximate surface area is 93.1 Å². The van der Waals surface area contributed by atoms with E-state index in [2.05, 4.69) is 9.97 Å². The Bertz CT molecular complexity index is 479. The fourth-order valence-electron chi connectivity index (χ4n) is 1.38. The summed E-state index contributed by atoms with van der Waals surface area (Å²) in [5.41, 5.74) is 1.83. The molecule has 0 saturated carbocycles. The van der Waals surface area contributed by atoms with Crippen molar-refractivity contribution in [1.29, 1.82) is 0 Å². The molecular formula is C11H11ClN2O. The highest BCUT2D eigenvalue weighted by atomic mass is 35.5. The topological polar surface area (TPSA) is 38.9 Å². The maximum absolute atomic E-state index is 5.92. The van der Waals surface area contributed by atoms with Crippen LogP contribution in [0.3, 0.4) is 0 Å². The van der Waals surface area contributed by atoms with Crippen molar-refractivity contribution in [2.24, 2.45) is 0 Å². The van der Waals surface area contributed by atoms with Gasteiger partial charge in [-0.15, -0.1) is 0 Å². The molecule has 2 aromatic heterocycles. The minimum Gasteiger partial charge on any atom is -0.469 e. The summed E-state index contributed by atoms with van der Waals surface area (Å²) in [5, 5.41) is 0.470. The maximum atomic E-state index is 5.92. The summed E-state index contributed by atoms with van der Waals surface area (Å²) in [6.45, 7) is 3.91. The molecule has 4 heteroatoms. The molecule has 0 saturated heterocycles. The Balaban J connectivity index is 2.53. The Morgan fingerprint density at radius 1 is 1.40 bits per heavy atom. The van der Waals surface area contributed by atoms with Crippen LogP contribution in [0.15, 0.2) is 22.8 Å². The second kappa shape index (κ2) is 4.03. The van der Waals surface area contributed by atoms with Gasteiger partial charge in [0.25, 0.3) is 0 Å². The van der Waals surface area contributed by atoms with Crippen LogP contribution in [0.25, 0.3) is 11.4 Å². The number of aromatic nitrogens is 2. The van der Waals surface area contributed by atoms with Crippen molar-refractivity contribution >= 4 is 11.6 Å². The van der Waals surface area contributed by atoms with E-state index in [9.17, 15) is 0 Å². The summed E-state index contributed by atoms with van der Waals surface area (Å²) in [7, 11) is 0. The molecule has 0 unspecified atom stereocenters. The summed E-state index contributed by atoms with van der Waals surface area (Å²) in [5.74, 6) is 1.44. The lowest BCUT2D eigenvalue weighted by Gasteiger charge is -2.01. The van der Waals surface area contributed by atoms with E-state index in [1.54, 1.807) is 12.3 Å². The highest BCUT2D eigenvalue weighted by molar-refractivity contribution is 6.29. The average molecular weight is 223 g/mol. The molecule has 0 atom stereocenters. The Morgan fingerprint density at radius 3 is 2.80 bits per heavy atom. The molecule has 0 N–H and O–H groups in total. The van der Waals surface area contributed by atoms with Gasteiger partial charge in [-0.2, -0.15) is 0 Å². The standard InChI is InChI=1S/C11H11ClN2O/c1-3-8-6-10(12)14-11(13-8)9-4-5-15-7(9)2/h4-6H,3H2,1-2H3. The smallest absolute Gasteiger partial charge is 0.164 e. The van der Waals surface area contributed by atoms with Gasteiger partial charge in [0.1, 0.15) is 10.9 Å². The third-order valence-corrected chi connectivity index (χ3v) is 2.40. The maximum Gasteiger partial charge on any atom is 0.164 e. The molecule has 2 aromatic rings. The van der Waals surface area contributed by atoms with Gasteiger partial charge in [0, 0.05) is 5.69 Å². The lowest BCUT2D eigenvalue weighted by Crippen LogP contribution is -1.94. The molecule has 0 spiro atoms. The van der Waals surface area contributed by atoms with Gasteiger partial charge in [0.15, 0.2) is 5.82 Å². The van der Waals surface area contributed by atoms with E-state index in [0.717, 1.165) is 23.4 Å². The second-order valence-corrected chi connectivity index (χ2v) is 3.64. The fourth-order valence-corrected chi connectivity index (χ4v) is 1.59. The van der Waals surface area contributed by atoms with Crippen LogP contribution in [0.4, 0.5) is 0 Å². The van der Waals surface area contributed by atoms with E-state index in [1.807, 2.05) is 19.9 Å². The Hall–Kier alpha value is -1.35. The van der Waals surface area contributed by atoms with Crippen molar-refractivity contribution in [2.45, 2.75) is 20.3 Å². The molecule has 0 fully saturated rings. The zero-order chi connectivity index (χ0) is 10.8.